The maximum atomic E-state index is 13.8. The van der Waals surface area contributed by atoms with Crippen molar-refractivity contribution in [2.45, 2.75) is 51.3 Å². The van der Waals surface area contributed by atoms with Gasteiger partial charge in [-0.25, -0.2) is 9.59 Å². The molecule has 0 aromatic rings. The zero-order chi connectivity index (χ0) is 20.1. The summed E-state index contributed by atoms with van der Waals surface area (Å²) in [6.07, 6.45) is -7.78. The van der Waals surface area contributed by atoms with Gasteiger partial charge in [-0.3, -0.25) is 0 Å². The zero-order valence-corrected chi connectivity index (χ0v) is 13.6. The van der Waals surface area contributed by atoms with Crippen molar-refractivity contribution in [3.63, 3.8) is 0 Å². The second-order valence-corrected chi connectivity index (χ2v) is 4.99. The van der Waals surface area contributed by atoms with Crippen LogP contribution in [0, 0.1) is 5.92 Å². The van der Waals surface area contributed by atoms with Gasteiger partial charge in [-0.1, -0.05) is 13.8 Å². The maximum Gasteiger partial charge on any atom is 0.459 e. The summed E-state index contributed by atoms with van der Waals surface area (Å²) in [4.78, 5) is 23.1. The fourth-order valence-corrected chi connectivity index (χ4v) is 1.66. The van der Waals surface area contributed by atoms with Crippen molar-refractivity contribution in [1.29, 1.82) is 0 Å². The van der Waals surface area contributed by atoms with Crippen LogP contribution in [-0.4, -0.2) is 49.3 Å². The van der Waals surface area contributed by atoms with Gasteiger partial charge in [-0.15, -0.1) is 0 Å². The maximum absolute atomic E-state index is 13.8. The molecule has 25 heavy (non-hydrogen) atoms. The quantitative estimate of drug-likeness (QED) is 0.513. The van der Waals surface area contributed by atoms with Crippen molar-refractivity contribution in [1.82, 2.24) is 5.32 Å². The summed E-state index contributed by atoms with van der Waals surface area (Å²) < 4.78 is 99.5. The Bertz CT molecular complexity index is 468. The van der Waals surface area contributed by atoms with E-state index >= 15 is 0 Å². The van der Waals surface area contributed by atoms with E-state index in [4.69, 9.17) is 0 Å². The summed E-state index contributed by atoms with van der Waals surface area (Å²) in [6.45, 7) is 2.54. The molecule has 2 atom stereocenters. The van der Waals surface area contributed by atoms with Gasteiger partial charge in [0.1, 0.15) is 6.04 Å². The van der Waals surface area contributed by atoms with E-state index in [1.54, 1.807) is 0 Å². The Hall–Kier alpha value is -1.75. The zero-order valence-electron chi connectivity index (χ0n) is 13.6. The minimum absolute atomic E-state index is 0.224. The summed E-state index contributed by atoms with van der Waals surface area (Å²) in [5.41, 5.74) is 0. The van der Waals surface area contributed by atoms with E-state index in [9.17, 15) is 40.3 Å². The van der Waals surface area contributed by atoms with E-state index < -0.39 is 42.0 Å². The molecule has 12 heteroatoms. The minimum Gasteiger partial charge on any atom is -0.464 e. The minimum atomic E-state index is -6.56. The van der Waals surface area contributed by atoms with Gasteiger partial charge in [0.2, 0.25) is 0 Å². The monoisotopic (exact) mass is 385 g/mol. The summed E-state index contributed by atoms with van der Waals surface area (Å²) >= 11 is 0. The summed E-state index contributed by atoms with van der Waals surface area (Å²) in [5.74, 6) is -16.7. The number of rotatable bonds is 8. The van der Waals surface area contributed by atoms with E-state index in [1.165, 1.54) is 19.2 Å². The van der Waals surface area contributed by atoms with Crippen LogP contribution in [0.25, 0.3) is 0 Å². The van der Waals surface area contributed by atoms with Gasteiger partial charge < -0.3 is 14.8 Å². The molecule has 0 fully saturated rings. The Labute approximate surface area is 138 Å². The molecule has 0 aliphatic heterocycles. The number of carbonyl (C=O) groups excluding carboxylic acids is 2. The fraction of sp³-hybridized carbons (Fsp3) is 0.846. The Morgan fingerprint density at radius 3 is 1.92 bits per heavy atom. The molecule has 0 bridgehead atoms. The number of hydrogen-bond donors (Lipinski definition) is 1. The van der Waals surface area contributed by atoms with Crippen LogP contribution in [0.15, 0.2) is 0 Å². The van der Waals surface area contributed by atoms with Crippen molar-refractivity contribution in [3.05, 3.63) is 0 Å². The third-order valence-electron chi connectivity index (χ3n) is 3.10. The molecule has 0 aliphatic rings. The smallest absolute Gasteiger partial charge is 0.459 e. The van der Waals surface area contributed by atoms with Crippen molar-refractivity contribution >= 4 is 12.1 Å². The Morgan fingerprint density at radius 2 is 1.52 bits per heavy atom. The topological polar surface area (TPSA) is 64.6 Å². The number of hydrogen-bond acceptors (Lipinski definition) is 4. The molecular weight excluding hydrogens is 367 g/mol. The van der Waals surface area contributed by atoms with Gasteiger partial charge in [-0.05, 0) is 13.3 Å². The summed E-state index contributed by atoms with van der Waals surface area (Å²) in [7, 11) is 0. The first-order chi connectivity index (χ1) is 11.2. The van der Waals surface area contributed by atoms with Gasteiger partial charge in [0.05, 0.1) is 19.1 Å². The third kappa shape index (κ3) is 5.36. The van der Waals surface area contributed by atoms with Crippen LogP contribution in [0.5, 0.6) is 0 Å². The van der Waals surface area contributed by atoms with Gasteiger partial charge in [-0.2, -0.15) is 30.7 Å². The molecule has 0 aliphatic carbocycles. The van der Waals surface area contributed by atoms with Crippen LogP contribution >= 0.6 is 0 Å². The number of halogens is 7. The van der Waals surface area contributed by atoms with Gasteiger partial charge in [0.25, 0.3) is 0 Å². The van der Waals surface area contributed by atoms with Gasteiger partial charge >= 0.3 is 30.1 Å². The molecule has 148 valence electrons. The van der Waals surface area contributed by atoms with E-state index in [1.807, 2.05) is 0 Å². The van der Waals surface area contributed by atoms with Crippen LogP contribution in [0.2, 0.25) is 0 Å². The number of alkyl carbamates (subject to hydrolysis) is 1. The first-order valence-corrected chi connectivity index (χ1v) is 7.16. The molecule has 2 unspecified atom stereocenters. The van der Waals surface area contributed by atoms with Crippen LogP contribution in [-0.2, 0) is 14.3 Å². The number of ether oxygens (including phenoxy) is 2. The lowest BCUT2D eigenvalue weighted by Crippen LogP contribution is -2.61. The average Bonchev–Trinajstić information content (AvgIpc) is 2.48. The molecule has 0 aromatic heterocycles. The number of alkyl halides is 7. The number of esters is 1. The Balaban J connectivity index is 5.67. The first kappa shape index (κ1) is 23.2. The lowest BCUT2D eigenvalue weighted by atomic mass is 9.90. The fourth-order valence-electron chi connectivity index (χ4n) is 1.66. The SMILES string of the molecule is CCCOC(=O)C(NC(=O)OCC)C(C)C(F)(F)C(F)(F)C(F)(F)F. The van der Waals surface area contributed by atoms with Crippen molar-refractivity contribution in [3.8, 4) is 0 Å². The van der Waals surface area contributed by atoms with E-state index in [2.05, 4.69) is 9.47 Å². The molecule has 5 nitrogen and oxygen atoms in total. The van der Waals surface area contributed by atoms with Crippen LogP contribution in [0.4, 0.5) is 35.5 Å². The highest BCUT2D eigenvalue weighted by Gasteiger charge is 2.75. The molecule has 0 rings (SSSR count). The standard InChI is InChI=1S/C13H18F7NO4/c1-4-6-25-9(22)8(21-10(23)24-5-2)7(3)11(14,15)12(16,17)13(18,19)20/h7-8H,4-6H2,1-3H3,(H,21,23). The normalized spacial score (nSPS) is 15.3. The second kappa shape index (κ2) is 8.56. The molecule has 0 heterocycles. The predicted molar refractivity (Wildman–Crippen MR) is 70.3 cm³/mol. The number of nitrogens with one attached hydrogen (secondary N) is 1. The molecule has 0 saturated carbocycles. The Morgan fingerprint density at radius 1 is 1.00 bits per heavy atom. The van der Waals surface area contributed by atoms with E-state index in [0.717, 1.165) is 0 Å². The molecular formula is C13H18F7NO4. The lowest BCUT2D eigenvalue weighted by Gasteiger charge is -2.35. The lowest BCUT2D eigenvalue weighted by molar-refractivity contribution is -0.365. The largest absolute Gasteiger partial charge is 0.464 e. The first-order valence-electron chi connectivity index (χ1n) is 7.16. The van der Waals surface area contributed by atoms with Crippen molar-refractivity contribution in [2.24, 2.45) is 5.92 Å². The van der Waals surface area contributed by atoms with Crippen molar-refractivity contribution in [2.75, 3.05) is 13.2 Å². The molecule has 0 saturated heterocycles. The number of amides is 1. The van der Waals surface area contributed by atoms with E-state index in [-0.39, 0.29) is 26.6 Å². The number of carbonyl (C=O) groups is 2. The molecule has 0 spiro atoms. The van der Waals surface area contributed by atoms with Gasteiger partial charge in [0, 0.05) is 0 Å². The summed E-state index contributed by atoms with van der Waals surface area (Å²) in [5, 5.41) is 1.54. The summed E-state index contributed by atoms with van der Waals surface area (Å²) in [6, 6.07) is -2.48. The molecule has 0 aromatic carbocycles. The highest BCUT2D eigenvalue weighted by Crippen LogP contribution is 2.50. The van der Waals surface area contributed by atoms with Crippen LogP contribution in [0.3, 0.4) is 0 Å². The highest BCUT2D eigenvalue weighted by atomic mass is 19.4. The molecule has 1 N–H and O–H groups in total. The Kier molecular flexibility index (Phi) is 7.97. The van der Waals surface area contributed by atoms with Crippen LogP contribution < -0.4 is 5.32 Å². The van der Waals surface area contributed by atoms with Gasteiger partial charge in [0.15, 0.2) is 0 Å². The van der Waals surface area contributed by atoms with Crippen molar-refractivity contribution < 1.29 is 49.8 Å². The van der Waals surface area contributed by atoms with E-state index in [0.29, 0.717) is 0 Å². The predicted octanol–water partition coefficient (Wildman–Crippen LogP) is 3.52. The average molecular weight is 385 g/mol. The third-order valence-corrected chi connectivity index (χ3v) is 3.10. The highest BCUT2D eigenvalue weighted by molar-refractivity contribution is 5.81. The molecule has 1 amide bonds. The second-order valence-electron chi connectivity index (χ2n) is 4.99. The molecule has 0 radical (unpaired) electrons. The van der Waals surface area contributed by atoms with Crippen LogP contribution in [0.1, 0.15) is 27.2 Å².